The van der Waals surface area contributed by atoms with E-state index in [0.717, 1.165) is 18.6 Å². The molecule has 0 atom stereocenters. The molecule has 0 unspecified atom stereocenters. The van der Waals surface area contributed by atoms with Gasteiger partial charge in [0.25, 0.3) is 0 Å². The van der Waals surface area contributed by atoms with Gasteiger partial charge in [-0.15, -0.1) is 6.58 Å². The van der Waals surface area contributed by atoms with Crippen LogP contribution in [0.3, 0.4) is 0 Å². The van der Waals surface area contributed by atoms with Gasteiger partial charge < -0.3 is 0 Å². The van der Waals surface area contributed by atoms with Gasteiger partial charge in [-0.1, -0.05) is 39.0 Å². The number of hydrogen-bond acceptors (Lipinski definition) is 1. The summed E-state index contributed by atoms with van der Waals surface area (Å²) in [6.07, 6.45) is 4.21. The Morgan fingerprint density at radius 2 is 2.00 bits per heavy atom. The van der Waals surface area contributed by atoms with Gasteiger partial charge in [-0.05, 0) is 24.0 Å². The average Bonchev–Trinajstić information content (AvgIpc) is 1.94. The predicted octanol–water partition coefficient (Wildman–Crippen LogP) is 4.29. The van der Waals surface area contributed by atoms with Gasteiger partial charge in [0.05, 0.1) is 0 Å². The Balaban J connectivity index is 3.47. The summed E-state index contributed by atoms with van der Waals surface area (Å²) in [7, 11) is 0. The Labute approximate surface area is 87.5 Å². The fourth-order valence-corrected chi connectivity index (χ4v) is 2.05. The molecule has 0 saturated heterocycles. The summed E-state index contributed by atoms with van der Waals surface area (Å²) in [5.74, 6) is 2.28. The van der Waals surface area contributed by atoms with E-state index in [4.69, 9.17) is 0 Å². The fourth-order valence-electron chi connectivity index (χ4n) is 1.18. The highest BCUT2D eigenvalue weighted by atomic mass is 32.2. The third-order valence-corrected chi connectivity index (χ3v) is 2.69. The summed E-state index contributed by atoms with van der Waals surface area (Å²) < 4.78 is 0. The quantitative estimate of drug-likeness (QED) is 0.453. The van der Waals surface area contributed by atoms with Crippen molar-refractivity contribution in [3.63, 3.8) is 0 Å². The van der Waals surface area contributed by atoms with E-state index in [1.54, 1.807) is 0 Å². The van der Waals surface area contributed by atoms with E-state index in [2.05, 4.69) is 33.9 Å². The third-order valence-electron chi connectivity index (χ3n) is 1.55. The van der Waals surface area contributed by atoms with Crippen LogP contribution < -0.4 is 0 Å². The Morgan fingerprint density at radius 3 is 2.46 bits per heavy atom. The third kappa shape index (κ3) is 9.75. The highest BCUT2D eigenvalue weighted by Crippen LogP contribution is 2.25. The maximum absolute atomic E-state index is 4.09. The van der Waals surface area contributed by atoms with Crippen LogP contribution in [0.1, 0.15) is 33.6 Å². The summed E-state index contributed by atoms with van der Waals surface area (Å²) in [6.45, 7) is 14.6. The first kappa shape index (κ1) is 12.8. The number of rotatable bonds is 6. The zero-order chi connectivity index (χ0) is 10.3. The second-order valence-corrected chi connectivity index (χ2v) is 5.72. The van der Waals surface area contributed by atoms with E-state index in [-0.39, 0.29) is 0 Å². The Kier molecular flexibility index (Phi) is 6.23. The van der Waals surface area contributed by atoms with E-state index in [0.29, 0.717) is 5.41 Å². The Morgan fingerprint density at radius 1 is 1.38 bits per heavy atom. The first-order valence-corrected chi connectivity index (χ1v) is 5.96. The van der Waals surface area contributed by atoms with Crippen LogP contribution in [0.25, 0.3) is 0 Å². The van der Waals surface area contributed by atoms with Crippen molar-refractivity contribution in [1.29, 1.82) is 0 Å². The van der Waals surface area contributed by atoms with Crippen LogP contribution in [0.4, 0.5) is 0 Å². The minimum atomic E-state index is 0.385. The van der Waals surface area contributed by atoms with Crippen molar-refractivity contribution < 1.29 is 0 Å². The van der Waals surface area contributed by atoms with Crippen LogP contribution in [0, 0.1) is 5.41 Å². The summed E-state index contributed by atoms with van der Waals surface area (Å²) in [6, 6.07) is 0. The van der Waals surface area contributed by atoms with E-state index in [1.165, 1.54) is 11.3 Å². The molecule has 13 heavy (non-hydrogen) atoms. The molecule has 0 radical (unpaired) electrons. The lowest BCUT2D eigenvalue weighted by molar-refractivity contribution is 0.411. The van der Waals surface area contributed by atoms with Crippen LogP contribution in [0.15, 0.2) is 24.8 Å². The Bertz CT molecular complexity index is 162. The molecule has 0 nitrogen and oxygen atoms in total. The van der Waals surface area contributed by atoms with Crippen molar-refractivity contribution in [2.45, 2.75) is 33.6 Å². The molecule has 0 fully saturated rings. The molecule has 0 bridgehead atoms. The number of hydrogen-bond donors (Lipinski definition) is 0. The number of thioether (sulfide) groups is 1. The molecule has 0 aromatic rings. The monoisotopic (exact) mass is 198 g/mol. The first-order valence-electron chi connectivity index (χ1n) is 4.81. The fraction of sp³-hybridized carbons (Fsp3) is 0.667. The van der Waals surface area contributed by atoms with E-state index < -0.39 is 0 Å². The Hall–Kier alpha value is -0.170. The van der Waals surface area contributed by atoms with Crippen LogP contribution in [-0.2, 0) is 0 Å². The highest BCUT2D eigenvalue weighted by molar-refractivity contribution is 7.99. The summed E-state index contributed by atoms with van der Waals surface area (Å²) >= 11 is 1.96. The molecule has 0 aliphatic rings. The highest BCUT2D eigenvalue weighted by Gasteiger charge is 2.11. The average molecular weight is 198 g/mol. The minimum absolute atomic E-state index is 0.385. The van der Waals surface area contributed by atoms with Gasteiger partial charge in [0, 0.05) is 5.75 Å². The van der Waals surface area contributed by atoms with Crippen LogP contribution in [0.2, 0.25) is 0 Å². The topological polar surface area (TPSA) is 0 Å². The summed E-state index contributed by atoms with van der Waals surface area (Å²) in [5.41, 5.74) is 1.75. The summed E-state index contributed by atoms with van der Waals surface area (Å²) in [4.78, 5) is 0. The molecular formula is C12H22S. The van der Waals surface area contributed by atoms with Crippen LogP contribution in [-0.4, -0.2) is 11.5 Å². The predicted molar refractivity (Wildman–Crippen MR) is 65.4 cm³/mol. The molecule has 0 rings (SSSR count). The molecule has 0 amide bonds. The lowest BCUT2D eigenvalue weighted by Crippen LogP contribution is -2.06. The largest absolute Gasteiger partial charge is 0.157 e. The van der Waals surface area contributed by atoms with Gasteiger partial charge >= 0.3 is 0 Å². The molecule has 0 heterocycles. The lowest BCUT2D eigenvalue weighted by atomic mass is 9.89. The van der Waals surface area contributed by atoms with Crippen molar-refractivity contribution >= 4 is 11.8 Å². The van der Waals surface area contributed by atoms with Crippen molar-refractivity contribution in [2.75, 3.05) is 11.5 Å². The molecule has 0 aromatic carbocycles. The van der Waals surface area contributed by atoms with Crippen molar-refractivity contribution in [2.24, 2.45) is 5.41 Å². The molecule has 0 aliphatic heterocycles. The SMILES string of the molecule is C=CCCSCC(=C)CC(C)(C)C. The summed E-state index contributed by atoms with van der Waals surface area (Å²) in [5, 5.41) is 0. The zero-order valence-corrected chi connectivity index (χ0v) is 10.0. The molecule has 0 saturated carbocycles. The molecule has 76 valence electrons. The molecule has 0 spiro atoms. The molecule has 0 N–H and O–H groups in total. The van der Waals surface area contributed by atoms with E-state index in [9.17, 15) is 0 Å². The van der Waals surface area contributed by atoms with E-state index in [1.807, 2.05) is 17.8 Å². The molecular weight excluding hydrogens is 176 g/mol. The lowest BCUT2D eigenvalue weighted by Gasteiger charge is -2.19. The second-order valence-electron chi connectivity index (χ2n) is 4.62. The van der Waals surface area contributed by atoms with Gasteiger partial charge in [0.2, 0.25) is 0 Å². The van der Waals surface area contributed by atoms with Crippen LogP contribution >= 0.6 is 11.8 Å². The van der Waals surface area contributed by atoms with Crippen molar-refractivity contribution in [3.05, 3.63) is 24.8 Å². The maximum Gasteiger partial charge on any atom is 0.0140 e. The van der Waals surface area contributed by atoms with Crippen molar-refractivity contribution in [1.82, 2.24) is 0 Å². The molecule has 1 heteroatoms. The standard InChI is InChI=1S/C12H22S/c1-6-7-8-13-10-11(2)9-12(3,4)5/h6H,1-2,7-10H2,3-5H3. The van der Waals surface area contributed by atoms with Gasteiger partial charge in [-0.25, -0.2) is 0 Å². The normalized spacial score (nSPS) is 11.3. The maximum atomic E-state index is 4.09. The number of allylic oxidation sites excluding steroid dienone is 1. The van der Waals surface area contributed by atoms with Gasteiger partial charge in [-0.2, -0.15) is 11.8 Å². The van der Waals surface area contributed by atoms with E-state index >= 15 is 0 Å². The minimum Gasteiger partial charge on any atom is -0.157 e. The van der Waals surface area contributed by atoms with Gasteiger partial charge in [-0.3, -0.25) is 0 Å². The second kappa shape index (κ2) is 6.31. The van der Waals surface area contributed by atoms with Gasteiger partial charge in [0.1, 0.15) is 0 Å². The van der Waals surface area contributed by atoms with Crippen LogP contribution in [0.5, 0.6) is 0 Å². The van der Waals surface area contributed by atoms with Gasteiger partial charge in [0.15, 0.2) is 0 Å². The van der Waals surface area contributed by atoms with Crippen molar-refractivity contribution in [3.8, 4) is 0 Å². The first-order chi connectivity index (χ1) is 5.95. The molecule has 0 aromatic heterocycles. The molecule has 0 aliphatic carbocycles. The smallest absolute Gasteiger partial charge is 0.0140 e. The zero-order valence-electron chi connectivity index (χ0n) is 9.23.